The van der Waals surface area contributed by atoms with E-state index in [0.29, 0.717) is 5.92 Å². The van der Waals surface area contributed by atoms with E-state index in [2.05, 4.69) is 20.8 Å². The van der Waals surface area contributed by atoms with Crippen LogP contribution in [-0.4, -0.2) is 11.2 Å². The maximum Gasteiger partial charge on any atom is 0.0542 e. The molecule has 0 saturated carbocycles. The van der Waals surface area contributed by atoms with Crippen molar-refractivity contribution in [3.05, 3.63) is 0 Å². The first kappa shape index (κ1) is 19.0. The largest absolute Gasteiger partial charge is 0.393 e. The molecule has 0 aromatic heterocycles. The smallest absolute Gasteiger partial charge is 0.0542 e. The predicted octanol–water partition coefficient (Wildman–Crippen LogP) is 6.09. The highest BCUT2D eigenvalue weighted by Gasteiger charge is 2.08. The molecule has 0 aromatic carbocycles. The molecule has 116 valence electrons. The lowest BCUT2D eigenvalue weighted by molar-refractivity contribution is 0.132. The average molecular weight is 271 g/mol. The third kappa shape index (κ3) is 14.2. The second kappa shape index (κ2) is 14.4. The van der Waals surface area contributed by atoms with Gasteiger partial charge in [0.05, 0.1) is 6.10 Å². The van der Waals surface area contributed by atoms with E-state index in [4.69, 9.17) is 0 Å². The molecule has 19 heavy (non-hydrogen) atoms. The number of aliphatic hydroxyl groups is 1. The van der Waals surface area contributed by atoms with E-state index in [0.717, 1.165) is 19.3 Å². The monoisotopic (exact) mass is 270 g/mol. The molecule has 0 radical (unpaired) electrons. The summed E-state index contributed by atoms with van der Waals surface area (Å²) in [7, 11) is 0. The van der Waals surface area contributed by atoms with Gasteiger partial charge >= 0.3 is 0 Å². The van der Waals surface area contributed by atoms with Crippen LogP contribution < -0.4 is 0 Å². The maximum absolute atomic E-state index is 9.76. The summed E-state index contributed by atoms with van der Waals surface area (Å²) in [6.45, 7) is 6.72. The zero-order chi connectivity index (χ0) is 14.3. The van der Waals surface area contributed by atoms with Gasteiger partial charge in [0.15, 0.2) is 0 Å². The van der Waals surface area contributed by atoms with Crippen LogP contribution in [0.4, 0.5) is 0 Å². The summed E-state index contributed by atoms with van der Waals surface area (Å²) in [5, 5.41) is 9.76. The predicted molar refractivity (Wildman–Crippen MR) is 86.5 cm³/mol. The van der Waals surface area contributed by atoms with Gasteiger partial charge in [-0.1, -0.05) is 91.4 Å². The molecule has 1 heteroatoms. The highest BCUT2D eigenvalue weighted by Crippen LogP contribution is 2.18. The van der Waals surface area contributed by atoms with Crippen LogP contribution in [0.25, 0.3) is 0 Å². The van der Waals surface area contributed by atoms with Crippen LogP contribution in [0.5, 0.6) is 0 Å². The highest BCUT2D eigenvalue weighted by atomic mass is 16.3. The van der Waals surface area contributed by atoms with E-state index >= 15 is 0 Å². The lowest BCUT2D eigenvalue weighted by Gasteiger charge is -2.15. The maximum atomic E-state index is 9.76. The number of hydrogen-bond acceptors (Lipinski definition) is 1. The Bertz CT molecular complexity index is 167. The summed E-state index contributed by atoms with van der Waals surface area (Å²) in [4.78, 5) is 0. The molecule has 0 spiro atoms. The number of unbranched alkanes of at least 4 members (excludes halogenated alkanes) is 8. The number of aliphatic hydroxyl groups excluding tert-OH is 1. The molecule has 0 heterocycles. The molecule has 0 aliphatic rings. The fraction of sp³-hybridized carbons (Fsp3) is 1.00. The van der Waals surface area contributed by atoms with Crippen molar-refractivity contribution in [2.24, 2.45) is 5.92 Å². The molecule has 0 aliphatic carbocycles. The van der Waals surface area contributed by atoms with Crippen LogP contribution in [0, 0.1) is 5.92 Å². The van der Waals surface area contributed by atoms with Crippen LogP contribution in [0.3, 0.4) is 0 Å². The Hall–Kier alpha value is -0.0400. The SMILES string of the molecule is CCCCCCCCCCCC(C)CC(O)CCC. The van der Waals surface area contributed by atoms with E-state index < -0.39 is 0 Å². The zero-order valence-electron chi connectivity index (χ0n) is 13.8. The molecule has 1 nitrogen and oxygen atoms in total. The van der Waals surface area contributed by atoms with Crippen LogP contribution in [0.15, 0.2) is 0 Å². The van der Waals surface area contributed by atoms with Gasteiger partial charge in [-0.25, -0.2) is 0 Å². The van der Waals surface area contributed by atoms with Gasteiger partial charge in [0.25, 0.3) is 0 Å². The Kier molecular flexibility index (Phi) is 14.3. The van der Waals surface area contributed by atoms with E-state index in [1.165, 1.54) is 64.2 Å². The van der Waals surface area contributed by atoms with Crippen molar-refractivity contribution < 1.29 is 5.11 Å². The number of hydrogen-bond donors (Lipinski definition) is 1. The van der Waals surface area contributed by atoms with E-state index in [1.54, 1.807) is 0 Å². The molecule has 0 fully saturated rings. The molecule has 1 N–H and O–H groups in total. The normalized spacial score (nSPS) is 14.5. The summed E-state index contributed by atoms with van der Waals surface area (Å²) in [6.07, 6.45) is 17.0. The van der Waals surface area contributed by atoms with Crippen molar-refractivity contribution in [2.45, 2.75) is 110 Å². The molecular formula is C18H38O. The lowest BCUT2D eigenvalue weighted by Crippen LogP contribution is -2.11. The fourth-order valence-corrected chi connectivity index (χ4v) is 2.84. The van der Waals surface area contributed by atoms with Crippen molar-refractivity contribution >= 4 is 0 Å². The van der Waals surface area contributed by atoms with Gasteiger partial charge in [-0.2, -0.15) is 0 Å². The molecule has 2 unspecified atom stereocenters. The summed E-state index contributed by atoms with van der Waals surface area (Å²) in [5.41, 5.74) is 0. The highest BCUT2D eigenvalue weighted by molar-refractivity contribution is 4.61. The molecule has 0 aromatic rings. The second-order valence-corrected chi connectivity index (χ2v) is 6.40. The van der Waals surface area contributed by atoms with Crippen LogP contribution in [0.2, 0.25) is 0 Å². The molecular weight excluding hydrogens is 232 g/mol. The Labute approximate surface area is 122 Å². The van der Waals surface area contributed by atoms with Gasteiger partial charge in [0.1, 0.15) is 0 Å². The molecule has 0 aliphatic heterocycles. The number of rotatable bonds is 14. The summed E-state index contributed by atoms with van der Waals surface area (Å²) >= 11 is 0. The molecule has 0 saturated heterocycles. The van der Waals surface area contributed by atoms with E-state index in [9.17, 15) is 5.11 Å². The average Bonchev–Trinajstić information content (AvgIpc) is 2.37. The van der Waals surface area contributed by atoms with Crippen molar-refractivity contribution in [1.29, 1.82) is 0 Å². The zero-order valence-corrected chi connectivity index (χ0v) is 13.8. The van der Waals surface area contributed by atoms with Crippen molar-refractivity contribution in [2.75, 3.05) is 0 Å². The summed E-state index contributed by atoms with van der Waals surface area (Å²) < 4.78 is 0. The summed E-state index contributed by atoms with van der Waals surface area (Å²) in [6, 6.07) is 0. The topological polar surface area (TPSA) is 20.2 Å². The Morgan fingerprint density at radius 2 is 1.21 bits per heavy atom. The third-order valence-electron chi connectivity index (χ3n) is 4.10. The van der Waals surface area contributed by atoms with E-state index in [1.807, 2.05) is 0 Å². The minimum absolute atomic E-state index is 0.0569. The van der Waals surface area contributed by atoms with Gasteiger partial charge in [-0.05, 0) is 18.8 Å². The Morgan fingerprint density at radius 1 is 0.684 bits per heavy atom. The Balaban J connectivity index is 3.20. The van der Waals surface area contributed by atoms with Gasteiger partial charge in [0.2, 0.25) is 0 Å². The lowest BCUT2D eigenvalue weighted by atomic mass is 9.95. The standard InChI is InChI=1S/C18H38O/c1-4-6-7-8-9-10-11-12-13-15-17(3)16-18(19)14-5-2/h17-19H,4-16H2,1-3H3. The van der Waals surface area contributed by atoms with Crippen molar-refractivity contribution in [1.82, 2.24) is 0 Å². The van der Waals surface area contributed by atoms with Crippen LogP contribution in [0.1, 0.15) is 104 Å². The first-order chi connectivity index (χ1) is 9.20. The van der Waals surface area contributed by atoms with Crippen LogP contribution in [-0.2, 0) is 0 Å². The second-order valence-electron chi connectivity index (χ2n) is 6.40. The third-order valence-corrected chi connectivity index (χ3v) is 4.10. The van der Waals surface area contributed by atoms with E-state index in [-0.39, 0.29) is 6.10 Å². The molecule has 0 bridgehead atoms. The first-order valence-corrected chi connectivity index (χ1v) is 8.88. The van der Waals surface area contributed by atoms with Gasteiger partial charge < -0.3 is 5.11 Å². The van der Waals surface area contributed by atoms with Crippen LogP contribution >= 0.6 is 0 Å². The molecule has 2 atom stereocenters. The first-order valence-electron chi connectivity index (χ1n) is 8.88. The van der Waals surface area contributed by atoms with Gasteiger partial charge in [-0.15, -0.1) is 0 Å². The van der Waals surface area contributed by atoms with Crippen molar-refractivity contribution in [3.8, 4) is 0 Å². The Morgan fingerprint density at radius 3 is 1.74 bits per heavy atom. The molecule has 0 amide bonds. The summed E-state index contributed by atoms with van der Waals surface area (Å²) in [5.74, 6) is 0.700. The fourth-order valence-electron chi connectivity index (χ4n) is 2.84. The van der Waals surface area contributed by atoms with Gasteiger partial charge in [0, 0.05) is 0 Å². The molecule has 0 rings (SSSR count). The van der Waals surface area contributed by atoms with Crippen molar-refractivity contribution in [3.63, 3.8) is 0 Å². The van der Waals surface area contributed by atoms with Gasteiger partial charge in [-0.3, -0.25) is 0 Å². The minimum atomic E-state index is -0.0569. The minimum Gasteiger partial charge on any atom is -0.393 e. The quantitative estimate of drug-likeness (QED) is 0.378.